The molecule has 0 spiro atoms. The van der Waals surface area contributed by atoms with Gasteiger partial charge < -0.3 is 19.7 Å². The Hall–Kier alpha value is -1.95. The van der Waals surface area contributed by atoms with Crippen LogP contribution in [-0.4, -0.2) is 41.1 Å². The molecule has 2 N–H and O–H groups in total. The van der Waals surface area contributed by atoms with Gasteiger partial charge in [0.2, 0.25) is 0 Å². The van der Waals surface area contributed by atoms with Crippen LogP contribution in [0.4, 0.5) is 0 Å². The molecule has 0 saturated heterocycles. The predicted molar refractivity (Wildman–Crippen MR) is 111 cm³/mol. The second-order valence-electron chi connectivity index (χ2n) is 8.05. The van der Waals surface area contributed by atoms with Crippen LogP contribution in [0.25, 0.3) is 0 Å². The van der Waals surface area contributed by atoms with Gasteiger partial charge in [-0.1, -0.05) is 42.5 Å². The average molecular weight is 401 g/mol. The third-order valence-corrected chi connectivity index (χ3v) is 5.77. The normalized spacial score (nSPS) is 32.9. The first-order chi connectivity index (χ1) is 14.1. The molecule has 158 valence electrons. The molecule has 0 unspecified atom stereocenters. The maximum atomic E-state index is 12.2. The molecular formula is C24H32O5. The van der Waals surface area contributed by atoms with Gasteiger partial charge in [0, 0.05) is 12.5 Å². The van der Waals surface area contributed by atoms with E-state index in [1.54, 1.807) is 0 Å². The fourth-order valence-corrected chi connectivity index (χ4v) is 4.19. The number of esters is 1. The largest absolute Gasteiger partial charge is 0.459 e. The van der Waals surface area contributed by atoms with Crippen LogP contribution in [0.1, 0.15) is 44.1 Å². The lowest BCUT2D eigenvalue weighted by Crippen LogP contribution is -2.22. The van der Waals surface area contributed by atoms with Crippen LogP contribution < -0.4 is 0 Å². The Morgan fingerprint density at radius 1 is 1.10 bits per heavy atom. The summed E-state index contributed by atoms with van der Waals surface area (Å²) >= 11 is 0. The minimum absolute atomic E-state index is 0.0618. The van der Waals surface area contributed by atoms with Crippen molar-refractivity contribution in [1.29, 1.82) is 0 Å². The molecule has 3 rings (SSSR count). The van der Waals surface area contributed by atoms with E-state index in [1.807, 2.05) is 30.3 Å². The Morgan fingerprint density at radius 2 is 1.93 bits per heavy atom. The van der Waals surface area contributed by atoms with Gasteiger partial charge in [0.1, 0.15) is 6.10 Å². The Balaban J connectivity index is 1.53. The Kier molecular flexibility index (Phi) is 8.47. The minimum Gasteiger partial charge on any atom is -0.459 e. The van der Waals surface area contributed by atoms with Gasteiger partial charge in [-0.2, -0.15) is 0 Å². The highest BCUT2D eigenvalue weighted by Crippen LogP contribution is 2.36. The minimum atomic E-state index is -0.761. The fourth-order valence-electron chi connectivity index (χ4n) is 4.19. The number of ether oxygens (including phenoxy) is 2. The summed E-state index contributed by atoms with van der Waals surface area (Å²) in [7, 11) is 0. The Morgan fingerprint density at radius 3 is 2.76 bits per heavy atom. The average Bonchev–Trinajstić information content (AvgIpc) is 3.09. The van der Waals surface area contributed by atoms with E-state index in [2.05, 4.69) is 12.2 Å². The third kappa shape index (κ3) is 7.11. The highest BCUT2D eigenvalue weighted by Gasteiger charge is 2.35. The molecule has 1 aliphatic heterocycles. The summed E-state index contributed by atoms with van der Waals surface area (Å²) in [6.45, 7) is 1.07. The first kappa shape index (κ1) is 21.8. The Labute approximate surface area is 173 Å². The van der Waals surface area contributed by atoms with E-state index in [1.165, 1.54) is 12.2 Å². The van der Waals surface area contributed by atoms with Crippen molar-refractivity contribution in [2.24, 2.45) is 11.8 Å². The van der Waals surface area contributed by atoms with Crippen molar-refractivity contribution in [3.8, 4) is 0 Å². The van der Waals surface area contributed by atoms with Gasteiger partial charge >= 0.3 is 5.97 Å². The van der Waals surface area contributed by atoms with E-state index in [0.29, 0.717) is 32.5 Å². The summed E-state index contributed by atoms with van der Waals surface area (Å²) in [5.74, 6) is -0.351. The molecule has 0 amide bonds. The highest BCUT2D eigenvalue weighted by molar-refractivity contribution is 5.82. The number of allylic oxidation sites excluding steroid dienone is 2. The van der Waals surface area contributed by atoms with Gasteiger partial charge in [0.25, 0.3) is 0 Å². The molecule has 29 heavy (non-hydrogen) atoms. The van der Waals surface area contributed by atoms with E-state index in [9.17, 15) is 15.0 Å². The van der Waals surface area contributed by atoms with Crippen molar-refractivity contribution < 1.29 is 24.5 Å². The van der Waals surface area contributed by atoms with Crippen LogP contribution >= 0.6 is 0 Å². The van der Waals surface area contributed by atoms with Gasteiger partial charge in [-0.05, 0) is 55.6 Å². The topological polar surface area (TPSA) is 76.0 Å². The molecule has 0 radical (unpaired) electrons. The quantitative estimate of drug-likeness (QED) is 0.449. The van der Waals surface area contributed by atoms with Crippen LogP contribution in [0.5, 0.6) is 0 Å². The van der Waals surface area contributed by atoms with E-state index in [-0.39, 0.29) is 17.9 Å². The van der Waals surface area contributed by atoms with Crippen LogP contribution in [0, 0.1) is 11.8 Å². The second-order valence-corrected chi connectivity index (χ2v) is 8.05. The molecule has 1 aromatic carbocycles. The fraction of sp³-hybridized carbons (Fsp3) is 0.542. The molecule has 5 nitrogen and oxygen atoms in total. The van der Waals surface area contributed by atoms with Crippen molar-refractivity contribution in [1.82, 2.24) is 0 Å². The first-order valence-electron chi connectivity index (χ1n) is 10.6. The number of aliphatic hydroxyl groups is 2. The van der Waals surface area contributed by atoms with Gasteiger partial charge in [-0.3, -0.25) is 0 Å². The molecule has 1 saturated carbocycles. The number of benzene rings is 1. The van der Waals surface area contributed by atoms with E-state index < -0.39 is 18.2 Å². The zero-order chi connectivity index (χ0) is 20.5. The Bertz CT molecular complexity index is 684. The molecule has 5 heteroatoms. The molecule has 5 atom stereocenters. The predicted octanol–water partition coefficient (Wildman–Crippen LogP) is 3.55. The molecule has 2 aliphatic rings. The summed E-state index contributed by atoms with van der Waals surface area (Å²) in [4.78, 5) is 12.2. The van der Waals surface area contributed by atoms with Gasteiger partial charge in [0.05, 0.1) is 25.4 Å². The van der Waals surface area contributed by atoms with Crippen LogP contribution in [0.15, 0.2) is 54.6 Å². The summed E-state index contributed by atoms with van der Waals surface area (Å²) in [6.07, 6.45) is 10.2. The van der Waals surface area contributed by atoms with E-state index in [4.69, 9.17) is 9.47 Å². The number of cyclic esters (lactones) is 1. The molecule has 1 fully saturated rings. The SMILES string of the molecule is O=C1/C=C/[C@@H](O)[C@@H]2C[C@@H](O)C[C@H]2/C=C/CCC[C@H](CCOCc2ccccc2)O1. The number of hydrogen-bond acceptors (Lipinski definition) is 5. The van der Waals surface area contributed by atoms with Crippen LogP contribution in [0.2, 0.25) is 0 Å². The van der Waals surface area contributed by atoms with Crippen molar-refractivity contribution in [2.45, 2.75) is 63.4 Å². The monoisotopic (exact) mass is 400 g/mol. The summed E-state index contributed by atoms with van der Waals surface area (Å²) < 4.78 is 11.3. The number of aliphatic hydroxyl groups excluding tert-OH is 2. The first-order valence-corrected chi connectivity index (χ1v) is 10.6. The molecule has 1 heterocycles. The summed E-state index contributed by atoms with van der Waals surface area (Å²) in [6, 6.07) is 9.99. The van der Waals surface area contributed by atoms with E-state index in [0.717, 1.165) is 24.8 Å². The maximum Gasteiger partial charge on any atom is 0.330 e. The van der Waals surface area contributed by atoms with Crippen molar-refractivity contribution in [3.05, 3.63) is 60.2 Å². The number of fused-ring (bicyclic) bond motifs is 1. The maximum absolute atomic E-state index is 12.2. The summed E-state index contributed by atoms with van der Waals surface area (Å²) in [5.41, 5.74) is 1.12. The van der Waals surface area contributed by atoms with Crippen molar-refractivity contribution >= 4 is 5.97 Å². The number of carbonyl (C=O) groups is 1. The lowest BCUT2D eigenvalue weighted by Gasteiger charge is -2.19. The third-order valence-electron chi connectivity index (χ3n) is 5.77. The van der Waals surface area contributed by atoms with Crippen LogP contribution in [-0.2, 0) is 20.9 Å². The smallest absolute Gasteiger partial charge is 0.330 e. The second kappa shape index (κ2) is 11.3. The summed E-state index contributed by atoms with van der Waals surface area (Å²) in [5, 5.41) is 20.4. The van der Waals surface area contributed by atoms with Crippen molar-refractivity contribution in [2.75, 3.05) is 6.61 Å². The molecule has 1 aliphatic carbocycles. The lowest BCUT2D eigenvalue weighted by molar-refractivity contribution is -0.144. The van der Waals surface area contributed by atoms with Gasteiger partial charge in [-0.15, -0.1) is 0 Å². The van der Waals surface area contributed by atoms with E-state index >= 15 is 0 Å². The van der Waals surface area contributed by atoms with Crippen LogP contribution in [0.3, 0.4) is 0 Å². The number of rotatable bonds is 5. The van der Waals surface area contributed by atoms with Crippen molar-refractivity contribution in [3.63, 3.8) is 0 Å². The zero-order valence-corrected chi connectivity index (χ0v) is 16.9. The highest BCUT2D eigenvalue weighted by atomic mass is 16.5. The lowest BCUT2D eigenvalue weighted by atomic mass is 9.90. The number of carbonyl (C=O) groups excluding carboxylic acids is 1. The molecule has 0 aromatic heterocycles. The molecule has 1 aromatic rings. The zero-order valence-electron chi connectivity index (χ0n) is 16.9. The van der Waals surface area contributed by atoms with Gasteiger partial charge in [-0.25, -0.2) is 4.79 Å². The standard InChI is InChI=1S/C24H32O5/c25-20-15-19-9-5-2-6-10-21(13-14-28-17-18-7-3-1-4-8-18)29-24(27)12-11-23(26)22(19)16-20/h1,3-5,7-9,11-12,19-23,25-26H,2,6,10,13-17H2/b9-5+,12-11+/t19-,20+,21-,22-,23-/m1/s1. The van der Waals surface area contributed by atoms with Gasteiger partial charge in [0.15, 0.2) is 0 Å². The molecular weight excluding hydrogens is 368 g/mol. The number of hydrogen-bond donors (Lipinski definition) is 2. The molecule has 0 bridgehead atoms.